The zero-order valence-electron chi connectivity index (χ0n) is 17.1. The van der Waals surface area contributed by atoms with Gasteiger partial charge >= 0.3 is 0 Å². The fourth-order valence-corrected chi connectivity index (χ4v) is 5.11. The monoisotopic (exact) mass is 528 g/mol. The van der Waals surface area contributed by atoms with Gasteiger partial charge in [-0.1, -0.05) is 29.3 Å². The van der Waals surface area contributed by atoms with Crippen LogP contribution in [-0.4, -0.2) is 40.5 Å². The SMILES string of the molecule is CS(=O)(=O)N(CC(=O)Nc1ccc(S(=O)(=O)Nc2ccccn2)cc1)c1cc(Cl)cc(Cl)c1. The third-order valence-electron chi connectivity index (χ3n) is 4.18. The van der Waals surface area contributed by atoms with Gasteiger partial charge in [0.15, 0.2) is 0 Å². The van der Waals surface area contributed by atoms with Crippen molar-refractivity contribution >= 4 is 66.3 Å². The molecular weight excluding hydrogens is 511 g/mol. The zero-order chi connectivity index (χ0) is 24.2. The Bertz CT molecular complexity index is 1350. The van der Waals surface area contributed by atoms with Gasteiger partial charge in [-0.25, -0.2) is 21.8 Å². The van der Waals surface area contributed by atoms with Gasteiger partial charge in [-0.2, -0.15) is 0 Å². The minimum absolute atomic E-state index is 0.0440. The summed E-state index contributed by atoms with van der Waals surface area (Å²) < 4.78 is 52.6. The van der Waals surface area contributed by atoms with Gasteiger partial charge in [-0.3, -0.25) is 13.8 Å². The van der Waals surface area contributed by atoms with Gasteiger partial charge in [0.2, 0.25) is 15.9 Å². The van der Waals surface area contributed by atoms with Crippen molar-refractivity contribution in [3.8, 4) is 0 Å². The Morgan fingerprint density at radius 2 is 1.61 bits per heavy atom. The summed E-state index contributed by atoms with van der Waals surface area (Å²) >= 11 is 11.9. The van der Waals surface area contributed by atoms with E-state index in [1.165, 1.54) is 54.7 Å². The van der Waals surface area contributed by atoms with E-state index in [4.69, 9.17) is 23.2 Å². The van der Waals surface area contributed by atoms with Crippen LogP contribution in [0.2, 0.25) is 10.0 Å². The van der Waals surface area contributed by atoms with E-state index in [2.05, 4.69) is 15.0 Å². The number of sulfonamides is 2. The zero-order valence-corrected chi connectivity index (χ0v) is 20.2. The van der Waals surface area contributed by atoms with Crippen LogP contribution in [0.5, 0.6) is 0 Å². The third-order valence-corrected chi connectivity index (χ3v) is 7.12. The van der Waals surface area contributed by atoms with E-state index in [1.807, 2.05) is 0 Å². The lowest BCUT2D eigenvalue weighted by molar-refractivity contribution is -0.114. The van der Waals surface area contributed by atoms with E-state index in [0.29, 0.717) is 0 Å². The molecule has 0 spiro atoms. The minimum Gasteiger partial charge on any atom is -0.325 e. The highest BCUT2D eigenvalue weighted by molar-refractivity contribution is 7.92. The molecule has 0 aliphatic rings. The highest BCUT2D eigenvalue weighted by atomic mass is 35.5. The van der Waals surface area contributed by atoms with E-state index < -0.39 is 32.5 Å². The van der Waals surface area contributed by atoms with Crippen LogP contribution in [0, 0.1) is 0 Å². The molecule has 3 rings (SSSR count). The molecule has 174 valence electrons. The lowest BCUT2D eigenvalue weighted by Crippen LogP contribution is -2.37. The van der Waals surface area contributed by atoms with Gasteiger partial charge in [-0.15, -0.1) is 0 Å². The first-order chi connectivity index (χ1) is 15.4. The Morgan fingerprint density at radius 3 is 2.15 bits per heavy atom. The first-order valence-electron chi connectivity index (χ1n) is 9.22. The van der Waals surface area contributed by atoms with Crippen LogP contribution in [0.3, 0.4) is 0 Å². The molecule has 33 heavy (non-hydrogen) atoms. The summed E-state index contributed by atoms with van der Waals surface area (Å²) in [6.45, 7) is -0.545. The number of halogens is 2. The number of nitrogens with one attached hydrogen (secondary N) is 2. The molecule has 0 atom stereocenters. The molecule has 0 aliphatic carbocycles. The Kier molecular flexibility index (Phi) is 7.48. The molecular formula is C20H18Cl2N4O5S2. The van der Waals surface area contributed by atoms with Crippen molar-refractivity contribution in [3.05, 3.63) is 76.9 Å². The predicted octanol–water partition coefficient (Wildman–Crippen LogP) is 3.59. The Labute approximate surface area is 201 Å². The maximum atomic E-state index is 12.5. The largest absolute Gasteiger partial charge is 0.325 e. The summed E-state index contributed by atoms with van der Waals surface area (Å²) in [6, 6.07) is 14.3. The van der Waals surface area contributed by atoms with Crippen LogP contribution in [0.1, 0.15) is 0 Å². The van der Waals surface area contributed by atoms with Crippen LogP contribution in [-0.2, 0) is 24.8 Å². The highest BCUT2D eigenvalue weighted by Crippen LogP contribution is 2.27. The van der Waals surface area contributed by atoms with Crippen LogP contribution in [0.15, 0.2) is 71.8 Å². The van der Waals surface area contributed by atoms with Crippen molar-refractivity contribution in [2.75, 3.05) is 27.1 Å². The first-order valence-corrected chi connectivity index (χ1v) is 13.3. The molecule has 13 heteroatoms. The quantitative estimate of drug-likeness (QED) is 0.460. The lowest BCUT2D eigenvalue weighted by Gasteiger charge is -2.22. The standard InChI is InChI=1S/C20H18Cl2N4O5S2/c1-32(28,29)26(17-11-14(21)10-15(22)12-17)13-20(27)24-16-5-7-18(8-6-16)33(30,31)25-19-4-2-3-9-23-19/h2-12H,13H2,1H3,(H,23,25)(H,24,27). The van der Waals surface area contributed by atoms with E-state index in [0.717, 1.165) is 10.6 Å². The normalized spacial score (nSPS) is 11.6. The topological polar surface area (TPSA) is 126 Å². The van der Waals surface area contributed by atoms with Crippen LogP contribution in [0.4, 0.5) is 17.2 Å². The summed E-state index contributed by atoms with van der Waals surface area (Å²) in [7, 11) is -7.71. The number of hydrogen-bond acceptors (Lipinski definition) is 6. The fraction of sp³-hybridized carbons (Fsp3) is 0.100. The maximum Gasteiger partial charge on any atom is 0.263 e. The maximum absolute atomic E-state index is 12.5. The smallest absolute Gasteiger partial charge is 0.263 e. The van der Waals surface area contributed by atoms with E-state index in [-0.39, 0.29) is 32.1 Å². The van der Waals surface area contributed by atoms with Crippen LogP contribution in [0.25, 0.3) is 0 Å². The van der Waals surface area contributed by atoms with Gasteiger partial charge in [-0.05, 0) is 54.6 Å². The summed E-state index contributed by atoms with van der Waals surface area (Å²) in [5.74, 6) is -0.490. The molecule has 0 aliphatic heterocycles. The average Bonchev–Trinajstić information content (AvgIpc) is 2.71. The molecule has 2 aromatic carbocycles. The number of hydrogen-bond donors (Lipinski definition) is 2. The molecule has 0 unspecified atom stereocenters. The summed E-state index contributed by atoms with van der Waals surface area (Å²) in [5.41, 5.74) is 0.404. The predicted molar refractivity (Wildman–Crippen MR) is 129 cm³/mol. The molecule has 1 heterocycles. The summed E-state index contributed by atoms with van der Waals surface area (Å²) in [6.07, 6.45) is 2.40. The molecule has 0 radical (unpaired) electrons. The number of carbonyl (C=O) groups excluding carboxylic acids is 1. The Balaban J connectivity index is 1.73. The molecule has 2 N–H and O–H groups in total. The van der Waals surface area contributed by atoms with Crippen LogP contribution >= 0.6 is 23.2 Å². The minimum atomic E-state index is -3.88. The van der Waals surface area contributed by atoms with E-state index >= 15 is 0 Å². The molecule has 1 aromatic heterocycles. The van der Waals surface area contributed by atoms with Crippen molar-refractivity contribution in [1.29, 1.82) is 0 Å². The first kappa shape index (κ1) is 24.8. The number of nitrogens with zero attached hydrogens (tertiary/aromatic N) is 2. The lowest BCUT2D eigenvalue weighted by atomic mass is 10.3. The average molecular weight is 529 g/mol. The number of benzene rings is 2. The molecule has 0 bridgehead atoms. The number of pyridine rings is 1. The van der Waals surface area contributed by atoms with E-state index in [1.54, 1.807) is 12.1 Å². The number of anilines is 3. The van der Waals surface area contributed by atoms with Gasteiger partial charge in [0, 0.05) is 21.9 Å². The summed E-state index contributed by atoms with van der Waals surface area (Å²) in [5, 5.41) is 2.95. The molecule has 0 saturated heterocycles. The fourth-order valence-electron chi connectivity index (χ4n) is 2.75. The van der Waals surface area contributed by atoms with Gasteiger partial charge in [0.25, 0.3) is 10.0 Å². The van der Waals surface area contributed by atoms with Crippen molar-refractivity contribution in [2.45, 2.75) is 4.90 Å². The number of aromatic nitrogens is 1. The van der Waals surface area contributed by atoms with Crippen LogP contribution < -0.4 is 14.3 Å². The second kappa shape index (κ2) is 9.96. The van der Waals surface area contributed by atoms with Gasteiger partial charge in [0.05, 0.1) is 16.8 Å². The van der Waals surface area contributed by atoms with Crippen molar-refractivity contribution < 1.29 is 21.6 Å². The van der Waals surface area contributed by atoms with Crippen molar-refractivity contribution in [2.24, 2.45) is 0 Å². The second-order valence-electron chi connectivity index (χ2n) is 6.79. The van der Waals surface area contributed by atoms with Crippen molar-refractivity contribution in [1.82, 2.24) is 4.98 Å². The second-order valence-corrected chi connectivity index (χ2v) is 11.3. The molecule has 1 amide bonds. The molecule has 3 aromatic rings. The Morgan fingerprint density at radius 1 is 0.970 bits per heavy atom. The Hall–Kier alpha value is -2.86. The van der Waals surface area contributed by atoms with Gasteiger partial charge in [0.1, 0.15) is 12.4 Å². The van der Waals surface area contributed by atoms with Crippen molar-refractivity contribution in [3.63, 3.8) is 0 Å². The van der Waals surface area contributed by atoms with Gasteiger partial charge < -0.3 is 5.32 Å². The molecule has 9 nitrogen and oxygen atoms in total. The number of amides is 1. The highest BCUT2D eigenvalue weighted by Gasteiger charge is 2.22. The third kappa shape index (κ3) is 6.81. The molecule has 0 saturated carbocycles. The number of rotatable bonds is 8. The molecule has 0 fully saturated rings. The van der Waals surface area contributed by atoms with E-state index in [9.17, 15) is 21.6 Å². The summed E-state index contributed by atoms with van der Waals surface area (Å²) in [4.78, 5) is 16.4. The number of carbonyl (C=O) groups is 1.